The molecular formula is C24H24FN3OS. The number of thiophene rings is 1. The lowest BCUT2D eigenvalue weighted by atomic mass is 9.78. The number of rotatable bonds is 2. The number of carbonyl (C=O) groups excluding carboxylic acids is 1. The zero-order valence-corrected chi connectivity index (χ0v) is 18.1. The van der Waals surface area contributed by atoms with E-state index in [1.807, 2.05) is 6.07 Å². The standard InChI is InChI=1S/C24H24FN3OS/c1-24(2,3)20-12-11-19(30-20)21-14(13-26)23(27)28(16-8-5-4-7-15(16)25)17-9-6-10-18(29)22(17)21/h4-5,7-8,11-12,21H,6,9-10,27H2,1-3H3/t21-/m1/s1. The smallest absolute Gasteiger partial charge is 0.161 e. The lowest BCUT2D eigenvalue weighted by molar-refractivity contribution is -0.116. The van der Waals surface area contributed by atoms with Crippen LogP contribution in [0.1, 0.15) is 55.7 Å². The molecule has 0 amide bonds. The Morgan fingerprint density at radius 1 is 1.20 bits per heavy atom. The third-order valence-electron chi connectivity index (χ3n) is 5.66. The summed E-state index contributed by atoms with van der Waals surface area (Å²) in [7, 11) is 0. The molecule has 6 heteroatoms. The van der Waals surface area contributed by atoms with Crippen LogP contribution in [0.2, 0.25) is 0 Å². The van der Waals surface area contributed by atoms with Crippen LogP contribution in [0, 0.1) is 17.1 Å². The van der Waals surface area contributed by atoms with Crippen molar-refractivity contribution in [3.8, 4) is 6.07 Å². The van der Waals surface area contributed by atoms with Gasteiger partial charge in [-0.3, -0.25) is 9.69 Å². The third-order valence-corrected chi connectivity index (χ3v) is 7.23. The van der Waals surface area contributed by atoms with Crippen molar-refractivity contribution >= 4 is 22.8 Å². The van der Waals surface area contributed by atoms with Crippen LogP contribution in [-0.2, 0) is 10.2 Å². The molecule has 1 atom stereocenters. The topological polar surface area (TPSA) is 70.1 Å². The minimum Gasteiger partial charge on any atom is -0.384 e. The van der Waals surface area contributed by atoms with Crippen LogP contribution in [-0.4, -0.2) is 5.78 Å². The fourth-order valence-corrected chi connectivity index (χ4v) is 5.38. The Morgan fingerprint density at radius 2 is 1.93 bits per heavy atom. The molecule has 2 aromatic rings. The Labute approximate surface area is 180 Å². The van der Waals surface area contributed by atoms with Crippen molar-refractivity contribution in [2.24, 2.45) is 5.73 Å². The minimum atomic E-state index is -0.498. The van der Waals surface area contributed by atoms with Gasteiger partial charge in [0.25, 0.3) is 0 Å². The largest absolute Gasteiger partial charge is 0.384 e. The van der Waals surface area contributed by atoms with Crippen LogP contribution in [0.25, 0.3) is 0 Å². The maximum absolute atomic E-state index is 14.7. The van der Waals surface area contributed by atoms with Crippen molar-refractivity contribution in [1.82, 2.24) is 0 Å². The number of nitrogens with two attached hydrogens (primary N) is 1. The van der Waals surface area contributed by atoms with Crippen LogP contribution in [0.15, 0.2) is 59.1 Å². The average Bonchev–Trinajstić information content (AvgIpc) is 3.19. The van der Waals surface area contributed by atoms with E-state index in [2.05, 4.69) is 32.9 Å². The van der Waals surface area contributed by atoms with Gasteiger partial charge in [-0.05, 0) is 42.5 Å². The van der Waals surface area contributed by atoms with Crippen molar-refractivity contribution in [2.75, 3.05) is 4.90 Å². The van der Waals surface area contributed by atoms with Gasteiger partial charge in [-0.25, -0.2) is 4.39 Å². The molecule has 0 saturated carbocycles. The van der Waals surface area contributed by atoms with Gasteiger partial charge in [-0.15, -0.1) is 11.3 Å². The SMILES string of the molecule is CC(C)(C)c1ccc([C@H]2C(C#N)=C(N)N(c3ccccc3F)C3=C2C(=O)CCC3)s1. The van der Waals surface area contributed by atoms with E-state index in [0.717, 1.165) is 4.88 Å². The number of ketones is 1. The Kier molecular flexibility index (Phi) is 5.03. The van der Waals surface area contributed by atoms with Crippen molar-refractivity contribution in [2.45, 2.75) is 51.4 Å². The second kappa shape index (κ2) is 7.41. The number of para-hydroxylation sites is 1. The highest BCUT2D eigenvalue weighted by Gasteiger charge is 2.41. The molecule has 2 aliphatic rings. The van der Waals surface area contributed by atoms with Crippen molar-refractivity contribution in [3.05, 3.63) is 74.6 Å². The van der Waals surface area contributed by atoms with Crippen molar-refractivity contribution in [3.63, 3.8) is 0 Å². The van der Waals surface area contributed by atoms with Gasteiger partial charge >= 0.3 is 0 Å². The molecule has 154 valence electrons. The highest BCUT2D eigenvalue weighted by atomic mass is 32.1. The lowest BCUT2D eigenvalue weighted by Gasteiger charge is -2.39. The molecule has 1 aromatic heterocycles. The van der Waals surface area contributed by atoms with Gasteiger partial charge in [0.05, 0.1) is 23.2 Å². The summed E-state index contributed by atoms with van der Waals surface area (Å²) in [5.74, 6) is -0.727. The van der Waals surface area contributed by atoms with Crippen molar-refractivity contribution < 1.29 is 9.18 Å². The van der Waals surface area contributed by atoms with Gasteiger partial charge in [-0.1, -0.05) is 32.9 Å². The molecular weight excluding hydrogens is 397 g/mol. The Balaban J connectivity index is 1.95. The van der Waals surface area contributed by atoms with E-state index in [1.54, 1.807) is 34.4 Å². The molecule has 0 saturated heterocycles. The highest BCUT2D eigenvalue weighted by molar-refractivity contribution is 7.12. The molecule has 4 nitrogen and oxygen atoms in total. The summed E-state index contributed by atoms with van der Waals surface area (Å²) in [4.78, 5) is 16.8. The second-order valence-electron chi connectivity index (χ2n) is 8.72. The molecule has 1 aliphatic carbocycles. The van der Waals surface area contributed by atoms with Gasteiger partial charge in [0, 0.05) is 27.4 Å². The number of allylic oxidation sites excluding steroid dienone is 3. The Hall–Kier alpha value is -2.91. The molecule has 2 heterocycles. The van der Waals surface area contributed by atoms with E-state index >= 15 is 0 Å². The van der Waals surface area contributed by atoms with Crippen molar-refractivity contribution in [1.29, 1.82) is 5.26 Å². The minimum absolute atomic E-state index is 0.00791. The number of nitriles is 1. The zero-order valence-electron chi connectivity index (χ0n) is 17.3. The molecule has 0 unspecified atom stereocenters. The fraction of sp³-hybridized carbons (Fsp3) is 0.333. The summed E-state index contributed by atoms with van der Waals surface area (Å²) in [6.45, 7) is 6.40. The first-order valence-electron chi connectivity index (χ1n) is 10.0. The number of anilines is 1. The number of benzene rings is 1. The molecule has 30 heavy (non-hydrogen) atoms. The Bertz CT molecular complexity index is 1130. The van der Waals surface area contributed by atoms with Crippen LogP contribution >= 0.6 is 11.3 Å². The first kappa shape index (κ1) is 20.4. The number of carbonyl (C=O) groups is 1. The molecule has 4 rings (SSSR count). The first-order chi connectivity index (χ1) is 14.2. The van der Waals surface area contributed by atoms with E-state index in [4.69, 9.17) is 5.73 Å². The van der Waals surface area contributed by atoms with Gasteiger partial charge in [-0.2, -0.15) is 5.26 Å². The number of hydrogen-bond acceptors (Lipinski definition) is 5. The maximum Gasteiger partial charge on any atom is 0.161 e. The highest BCUT2D eigenvalue weighted by Crippen LogP contribution is 2.48. The summed E-state index contributed by atoms with van der Waals surface area (Å²) in [5, 5.41) is 10.0. The number of hydrogen-bond donors (Lipinski definition) is 1. The fourth-order valence-electron chi connectivity index (χ4n) is 4.19. The molecule has 0 fully saturated rings. The van der Waals surface area contributed by atoms with E-state index in [0.29, 0.717) is 36.1 Å². The second-order valence-corrected chi connectivity index (χ2v) is 9.84. The number of nitrogens with zero attached hydrogens (tertiary/aromatic N) is 2. The van der Waals surface area contributed by atoms with E-state index < -0.39 is 11.7 Å². The zero-order chi connectivity index (χ0) is 21.6. The number of halogens is 1. The normalized spacial score (nSPS) is 19.8. The predicted octanol–water partition coefficient (Wildman–Crippen LogP) is 5.49. The van der Waals surface area contributed by atoms with Crippen LogP contribution in [0.3, 0.4) is 0 Å². The Morgan fingerprint density at radius 3 is 2.57 bits per heavy atom. The van der Waals surface area contributed by atoms with Crippen LogP contribution in [0.5, 0.6) is 0 Å². The summed E-state index contributed by atoms with van der Waals surface area (Å²) < 4.78 is 14.7. The summed E-state index contributed by atoms with van der Waals surface area (Å²) in [6, 6.07) is 12.6. The third kappa shape index (κ3) is 3.23. The number of Topliss-reactive ketones (excluding diaryl/α,β-unsaturated/α-hetero) is 1. The molecule has 1 aliphatic heterocycles. The van der Waals surface area contributed by atoms with Gasteiger partial charge in [0.15, 0.2) is 5.78 Å². The van der Waals surface area contributed by atoms with Gasteiger partial charge < -0.3 is 5.73 Å². The maximum atomic E-state index is 14.7. The molecule has 1 aromatic carbocycles. The van der Waals surface area contributed by atoms with Gasteiger partial charge in [0.2, 0.25) is 0 Å². The summed E-state index contributed by atoms with van der Waals surface area (Å²) in [5.41, 5.74) is 8.31. The monoisotopic (exact) mass is 421 g/mol. The summed E-state index contributed by atoms with van der Waals surface area (Å²) >= 11 is 1.61. The molecule has 2 N–H and O–H groups in total. The average molecular weight is 422 g/mol. The van der Waals surface area contributed by atoms with E-state index in [-0.39, 0.29) is 22.7 Å². The predicted molar refractivity (Wildman–Crippen MR) is 117 cm³/mol. The summed E-state index contributed by atoms with van der Waals surface area (Å²) in [6.07, 6.45) is 1.72. The molecule has 0 radical (unpaired) electrons. The van der Waals surface area contributed by atoms with E-state index in [1.165, 1.54) is 10.9 Å². The molecule has 0 spiro atoms. The quantitative estimate of drug-likeness (QED) is 0.696. The van der Waals surface area contributed by atoms with Gasteiger partial charge in [0.1, 0.15) is 11.6 Å². The van der Waals surface area contributed by atoms with Crippen LogP contribution in [0.4, 0.5) is 10.1 Å². The first-order valence-corrected chi connectivity index (χ1v) is 10.9. The molecule has 0 bridgehead atoms. The lowest BCUT2D eigenvalue weighted by Crippen LogP contribution is -2.39. The van der Waals surface area contributed by atoms with Crippen LogP contribution < -0.4 is 10.6 Å². The van der Waals surface area contributed by atoms with E-state index in [9.17, 15) is 14.4 Å².